The zero-order valence-corrected chi connectivity index (χ0v) is 10.1. The van der Waals surface area contributed by atoms with Gasteiger partial charge in [0.2, 0.25) is 0 Å². The Morgan fingerprint density at radius 1 is 1.44 bits per heavy atom. The number of hydrogen-bond acceptors (Lipinski definition) is 2. The Kier molecular flexibility index (Phi) is 2.73. The summed E-state index contributed by atoms with van der Waals surface area (Å²) in [5, 5.41) is 0.520. The summed E-state index contributed by atoms with van der Waals surface area (Å²) in [7, 11) is 0. The van der Waals surface area contributed by atoms with Crippen LogP contribution in [0.4, 0.5) is 4.39 Å². The Labute approximate surface area is 99.5 Å². The van der Waals surface area contributed by atoms with Crippen LogP contribution < -0.4 is 5.73 Å². The lowest BCUT2D eigenvalue weighted by Crippen LogP contribution is -2.65. The van der Waals surface area contributed by atoms with Gasteiger partial charge in [-0.2, -0.15) is 0 Å². The highest BCUT2D eigenvalue weighted by molar-refractivity contribution is 6.30. The first-order valence-electron chi connectivity index (χ1n) is 5.19. The maximum absolute atomic E-state index is 13.8. The van der Waals surface area contributed by atoms with Crippen LogP contribution in [0.15, 0.2) is 18.2 Å². The topological polar surface area (TPSA) is 35.2 Å². The van der Waals surface area contributed by atoms with Crippen molar-refractivity contribution < 1.29 is 9.13 Å². The van der Waals surface area contributed by atoms with E-state index in [1.807, 2.05) is 13.8 Å². The lowest BCUT2D eigenvalue weighted by molar-refractivity contribution is -0.0934. The van der Waals surface area contributed by atoms with E-state index in [2.05, 4.69) is 0 Å². The smallest absolute Gasteiger partial charge is 0.127 e. The van der Waals surface area contributed by atoms with Crippen LogP contribution >= 0.6 is 11.6 Å². The molecular weight excluding hydrogens is 229 g/mol. The van der Waals surface area contributed by atoms with Crippen molar-refractivity contribution >= 4 is 11.6 Å². The number of halogens is 2. The van der Waals surface area contributed by atoms with Crippen molar-refractivity contribution in [2.45, 2.75) is 24.8 Å². The second-order valence-electron chi connectivity index (χ2n) is 4.92. The lowest BCUT2D eigenvalue weighted by Gasteiger charge is -2.51. The number of hydrogen-bond donors (Lipinski definition) is 1. The Morgan fingerprint density at radius 3 is 2.50 bits per heavy atom. The van der Waals surface area contributed by atoms with Gasteiger partial charge in [-0.1, -0.05) is 11.6 Å². The van der Waals surface area contributed by atoms with Crippen molar-refractivity contribution in [3.63, 3.8) is 0 Å². The van der Waals surface area contributed by atoms with Crippen LogP contribution in [0.2, 0.25) is 5.02 Å². The Hall–Kier alpha value is -0.640. The molecule has 1 aliphatic heterocycles. The minimum atomic E-state index is -0.545. The lowest BCUT2D eigenvalue weighted by atomic mass is 9.65. The maximum atomic E-state index is 13.8. The van der Waals surface area contributed by atoms with Crippen LogP contribution in [0.1, 0.15) is 19.4 Å². The summed E-state index contributed by atoms with van der Waals surface area (Å²) in [5.41, 5.74) is 5.68. The molecule has 1 saturated heterocycles. The average Bonchev–Trinajstić information content (AvgIpc) is 2.06. The highest BCUT2D eigenvalue weighted by atomic mass is 35.5. The van der Waals surface area contributed by atoms with Gasteiger partial charge in [-0.05, 0) is 32.0 Å². The molecule has 1 aliphatic rings. The van der Waals surface area contributed by atoms with Gasteiger partial charge in [-0.3, -0.25) is 0 Å². The van der Waals surface area contributed by atoms with Gasteiger partial charge < -0.3 is 10.5 Å². The van der Waals surface area contributed by atoms with Gasteiger partial charge in [0.25, 0.3) is 0 Å². The van der Waals surface area contributed by atoms with Crippen molar-refractivity contribution in [3.8, 4) is 0 Å². The highest BCUT2D eigenvalue weighted by Gasteiger charge is 2.51. The summed E-state index contributed by atoms with van der Waals surface area (Å²) in [5.74, 6) is -0.272. The normalized spacial score (nSPS) is 19.3. The largest absolute Gasteiger partial charge is 0.379 e. The number of rotatable bonds is 2. The number of nitrogens with two attached hydrogens (primary N) is 1. The van der Waals surface area contributed by atoms with Gasteiger partial charge in [0, 0.05) is 16.1 Å². The van der Waals surface area contributed by atoms with E-state index in [1.54, 1.807) is 6.07 Å². The predicted molar refractivity (Wildman–Crippen MR) is 62.2 cm³/mol. The first kappa shape index (κ1) is 11.8. The standard InChI is InChI=1S/C12H15ClFNO/c1-11(2,15)12(6-16-7-12)9-5-8(13)3-4-10(9)14/h3-5H,6-7,15H2,1-2H3. The monoisotopic (exact) mass is 243 g/mol. The third-order valence-corrected chi connectivity index (χ3v) is 3.61. The second-order valence-corrected chi connectivity index (χ2v) is 5.36. The van der Waals surface area contributed by atoms with E-state index in [1.165, 1.54) is 12.1 Å². The molecule has 0 radical (unpaired) electrons. The summed E-state index contributed by atoms with van der Waals surface area (Å²) in [6, 6.07) is 4.56. The molecule has 2 rings (SSSR count). The zero-order chi connectivity index (χ0) is 12.0. The van der Waals surface area contributed by atoms with Gasteiger partial charge >= 0.3 is 0 Å². The number of ether oxygens (including phenoxy) is 1. The van der Waals surface area contributed by atoms with E-state index in [0.29, 0.717) is 23.8 Å². The molecule has 88 valence electrons. The average molecular weight is 244 g/mol. The molecule has 0 aromatic heterocycles. The summed E-state index contributed by atoms with van der Waals surface area (Å²) >= 11 is 5.91. The molecule has 1 heterocycles. The van der Waals surface area contributed by atoms with E-state index in [9.17, 15) is 4.39 Å². The Balaban J connectivity index is 2.53. The van der Waals surface area contributed by atoms with E-state index in [0.717, 1.165) is 0 Å². The summed E-state index contributed by atoms with van der Waals surface area (Å²) in [4.78, 5) is 0. The molecule has 0 saturated carbocycles. The van der Waals surface area contributed by atoms with Crippen LogP contribution in [0, 0.1) is 5.82 Å². The van der Waals surface area contributed by atoms with Crippen molar-refractivity contribution in [3.05, 3.63) is 34.6 Å². The molecule has 1 aromatic carbocycles. The van der Waals surface area contributed by atoms with Gasteiger partial charge in [-0.25, -0.2) is 4.39 Å². The SMILES string of the molecule is CC(C)(N)C1(c2cc(Cl)ccc2F)COC1. The van der Waals surface area contributed by atoms with Crippen LogP contribution in [0.3, 0.4) is 0 Å². The van der Waals surface area contributed by atoms with Gasteiger partial charge in [0.05, 0.1) is 18.6 Å². The molecule has 2 N–H and O–H groups in total. The molecule has 0 amide bonds. The molecule has 1 aromatic rings. The molecule has 2 nitrogen and oxygen atoms in total. The maximum Gasteiger partial charge on any atom is 0.127 e. The van der Waals surface area contributed by atoms with Gasteiger partial charge in [-0.15, -0.1) is 0 Å². The van der Waals surface area contributed by atoms with Gasteiger partial charge in [0.15, 0.2) is 0 Å². The summed E-state index contributed by atoms with van der Waals surface area (Å²) in [6.07, 6.45) is 0. The first-order chi connectivity index (χ1) is 7.37. The van der Waals surface area contributed by atoms with Crippen LogP contribution in [-0.4, -0.2) is 18.8 Å². The molecule has 1 fully saturated rings. The van der Waals surface area contributed by atoms with Crippen molar-refractivity contribution in [2.75, 3.05) is 13.2 Å². The van der Waals surface area contributed by atoms with E-state index >= 15 is 0 Å². The minimum Gasteiger partial charge on any atom is -0.379 e. The third kappa shape index (κ3) is 1.63. The van der Waals surface area contributed by atoms with Crippen LogP contribution in [0.25, 0.3) is 0 Å². The molecule has 0 atom stereocenters. The molecule has 16 heavy (non-hydrogen) atoms. The zero-order valence-electron chi connectivity index (χ0n) is 9.39. The van der Waals surface area contributed by atoms with Gasteiger partial charge in [0.1, 0.15) is 5.82 Å². The van der Waals surface area contributed by atoms with E-state index in [4.69, 9.17) is 22.1 Å². The second kappa shape index (κ2) is 3.69. The fourth-order valence-corrected chi connectivity index (χ4v) is 2.22. The fourth-order valence-electron chi connectivity index (χ4n) is 2.05. The van der Waals surface area contributed by atoms with Crippen molar-refractivity contribution in [1.29, 1.82) is 0 Å². The third-order valence-electron chi connectivity index (χ3n) is 3.37. The quantitative estimate of drug-likeness (QED) is 0.866. The Bertz CT molecular complexity index is 410. The first-order valence-corrected chi connectivity index (χ1v) is 5.57. The fraction of sp³-hybridized carbons (Fsp3) is 0.500. The van der Waals surface area contributed by atoms with Crippen LogP contribution in [-0.2, 0) is 10.2 Å². The Morgan fingerprint density at radius 2 is 2.06 bits per heavy atom. The van der Waals surface area contributed by atoms with E-state index in [-0.39, 0.29) is 5.82 Å². The predicted octanol–water partition coefficient (Wildman–Crippen LogP) is 2.48. The summed E-state index contributed by atoms with van der Waals surface area (Å²) in [6.45, 7) is 4.65. The van der Waals surface area contributed by atoms with Crippen molar-refractivity contribution in [1.82, 2.24) is 0 Å². The van der Waals surface area contributed by atoms with Crippen LogP contribution in [0.5, 0.6) is 0 Å². The molecule has 0 aliphatic carbocycles. The minimum absolute atomic E-state index is 0.272. The van der Waals surface area contributed by atoms with Crippen molar-refractivity contribution in [2.24, 2.45) is 5.73 Å². The highest BCUT2D eigenvalue weighted by Crippen LogP contribution is 2.42. The molecule has 0 spiro atoms. The number of benzene rings is 1. The summed E-state index contributed by atoms with van der Waals surface area (Å²) < 4.78 is 19.1. The molecular formula is C12H15ClFNO. The molecule has 4 heteroatoms. The molecule has 0 bridgehead atoms. The van der Waals surface area contributed by atoms with E-state index < -0.39 is 11.0 Å². The molecule has 0 unspecified atom stereocenters.